The molecule has 0 aliphatic heterocycles. The molecule has 2 N–H and O–H groups in total. The minimum atomic E-state index is -0.674. The van der Waals surface area contributed by atoms with Crippen LogP contribution in [0.5, 0.6) is 0 Å². The van der Waals surface area contributed by atoms with Gasteiger partial charge in [0.25, 0.3) is 0 Å². The Balaban J connectivity index is 2.03. The lowest BCUT2D eigenvalue weighted by Gasteiger charge is -2.20. The molecule has 2 rings (SSSR count). The Bertz CT molecular complexity index is 617. The zero-order chi connectivity index (χ0) is 15.2. The molecule has 21 heavy (non-hydrogen) atoms. The van der Waals surface area contributed by atoms with Crippen molar-refractivity contribution < 1.29 is 8.78 Å². The Morgan fingerprint density at radius 3 is 2.48 bits per heavy atom. The van der Waals surface area contributed by atoms with Gasteiger partial charge in [-0.15, -0.1) is 0 Å². The van der Waals surface area contributed by atoms with Crippen molar-refractivity contribution in [2.75, 3.05) is 5.32 Å². The Morgan fingerprint density at radius 1 is 1.14 bits per heavy atom. The Hall–Kier alpha value is -2.01. The maximum absolute atomic E-state index is 13.6. The molecule has 0 fully saturated rings. The predicted octanol–water partition coefficient (Wildman–Crippen LogP) is 4.40. The molecule has 0 amide bonds. The maximum Gasteiger partial charge on any atom is 0.171 e. The fourth-order valence-corrected chi connectivity index (χ4v) is 2.27. The average molecular weight is 306 g/mol. The molecule has 0 heterocycles. The normalized spacial score (nSPS) is 11.8. The number of benzene rings is 2. The van der Waals surface area contributed by atoms with Crippen LogP contribution < -0.4 is 10.6 Å². The van der Waals surface area contributed by atoms with Crippen LogP contribution >= 0.6 is 12.2 Å². The van der Waals surface area contributed by atoms with E-state index >= 15 is 0 Å². The Labute approximate surface area is 128 Å². The van der Waals surface area contributed by atoms with Crippen LogP contribution in [0.4, 0.5) is 14.5 Å². The molecule has 0 saturated carbocycles. The molecule has 0 saturated heterocycles. The van der Waals surface area contributed by atoms with E-state index in [-0.39, 0.29) is 11.7 Å². The molecule has 0 radical (unpaired) electrons. The first-order valence-corrected chi connectivity index (χ1v) is 7.08. The van der Waals surface area contributed by atoms with Gasteiger partial charge in [-0.1, -0.05) is 37.3 Å². The van der Waals surface area contributed by atoms with E-state index in [1.807, 2.05) is 37.3 Å². The number of anilines is 1. The number of hydrogen-bond acceptors (Lipinski definition) is 1. The lowest BCUT2D eigenvalue weighted by molar-refractivity contribution is 0.585. The second-order valence-corrected chi connectivity index (χ2v) is 5.00. The Kier molecular flexibility index (Phi) is 5.22. The topological polar surface area (TPSA) is 24.1 Å². The monoisotopic (exact) mass is 306 g/mol. The third-order valence-electron chi connectivity index (χ3n) is 3.09. The molecule has 5 heteroatoms. The SMILES string of the molecule is CC[C@H](NC(=S)Nc1ccc(F)cc1F)c1ccccc1. The van der Waals surface area contributed by atoms with Gasteiger partial charge in [0, 0.05) is 6.07 Å². The zero-order valence-electron chi connectivity index (χ0n) is 11.6. The molecule has 0 unspecified atom stereocenters. The summed E-state index contributed by atoms with van der Waals surface area (Å²) in [5, 5.41) is 6.19. The molecule has 2 nitrogen and oxygen atoms in total. The molecule has 0 aliphatic rings. The van der Waals surface area contributed by atoms with Gasteiger partial charge in [0.1, 0.15) is 11.6 Å². The number of hydrogen-bond donors (Lipinski definition) is 2. The number of halogens is 2. The van der Waals surface area contributed by atoms with E-state index in [0.29, 0.717) is 5.11 Å². The second-order valence-electron chi connectivity index (χ2n) is 4.59. The molecular weight excluding hydrogens is 290 g/mol. The van der Waals surface area contributed by atoms with Crippen LogP contribution in [0.1, 0.15) is 24.9 Å². The summed E-state index contributed by atoms with van der Waals surface area (Å²) in [6.45, 7) is 2.03. The van der Waals surface area contributed by atoms with Gasteiger partial charge in [0.05, 0.1) is 11.7 Å². The smallest absolute Gasteiger partial charge is 0.171 e. The summed E-state index contributed by atoms with van der Waals surface area (Å²) in [5.74, 6) is -1.29. The van der Waals surface area contributed by atoms with E-state index in [9.17, 15) is 8.78 Å². The van der Waals surface area contributed by atoms with Gasteiger partial charge in [-0.05, 0) is 36.3 Å². The predicted molar refractivity (Wildman–Crippen MR) is 85.2 cm³/mol. The van der Waals surface area contributed by atoms with Gasteiger partial charge in [-0.2, -0.15) is 0 Å². The highest BCUT2D eigenvalue weighted by atomic mass is 32.1. The van der Waals surface area contributed by atoms with E-state index in [4.69, 9.17) is 12.2 Å². The third kappa shape index (κ3) is 4.23. The lowest BCUT2D eigenvalue weighted by atomic mass is 10.1. The van der Waals surface area contributed by atoms with Crippen LogP contribution in [-0.2, 0) is 0 Å². The first kappa shape index (κ1) is 15.4. The van der Waals surface area contributed by atoms with Gasteiger partial charge < -0.3 is 10.6 Å². The second kappa shape index (κ2) is 7.13. The lowest BCUT2D eigenvalue weighted by Crippen LogP contribution is -2.32. The average Bonchev–Trinajstić information content (AvgIpc) is 2.48. The molecule has 2 aromatic carbocycles. The van der Waals surface area contributed by atoms with Crippen LogP contribution in [0.2, 0.25) is 0 Å². The molecule has 0 bridgehead atoms. The Morgan fingerprint density at radius 2 is 1.86 bits per heavy atom. The van der Waals surface area contributed by atoms with Gasteiger partial charge in [0.15, 0.2) is 5.11 Å². The van der Waals surface area contributed by atoms with Gasteiger partial charge in [-0.25, -0.2) is 8.78 Å². The molecular formula is C16H16F2N2S. The minimum absolute atomic E-state index is 0.0368. The van der Waals surface area contributed by atoms with Crippen LogP contribution in [0.25, 0.3) is 0 Å². The first-order chi connectivity index (χ1) is 10.1. The fraction of sp³-hybridized carbons (Fsp3) is 0.188. The summed E-state index contributed by atoms with van der Waals surface area (Å²) in [6.07, 6.45) is 0.831. The van der Waals surface area contributed by atoms with Crippen molar-refractivity contribution >= 4 is 23.0 Å². The van der Waals surface area contributed by atoms with Crippen molar-refractivity contribution in [3.05, 3.63) is 65.7 Å². The maximum atomic E-state index is 13.6. The van der Waals surface area contributed by atoms with E-state index in [1.54, 1.807) is 0 Å². The van der Waals surface area contributed by atoms with Crippen LogP contribution in [0.15, 0.2) is 48.5 Å². The van der Waals surface area contributed by atoms with Crippen molar-refractivity contribution in [1.82, 2.24) is 5.32 Å². The largest absolute Gasteiger partial charge is 0.356 e. The number of rotatable bonds is 4. The molecule has 0 aliphatic carbocycles. The van der Waals surface area contributed by atoms with Crippen molar-refractivity contribution in [2.24, 2.45) is 0 Å². The highest BCUT2D eigenvalue weighted by Gasteiger charge is 2.11. The van der Waals surface area contributed by atoms with Crippen LogP contribution in [-0.4, -0.2) is 5.11 Å². The van der Waals surface area contributed by atoms with Crippen LogP contribution in [0, 0.1) is 11.6 Å². The molecule has 0 spiro atoms. The zero-order valence-corrected chi connectivity index (χ0v) is 12.4. The van der Waals surface area contributed by atoms with E-state index in [0.717, 1.165) is 18.1 Å². The highest BCUT2D eigenvalue weighted by molar-refractivity contribution is 7.80. The first-order valence-electron chi connectivity index (χ1n) is 6.67. The van der Waals surface area contributed by atoms with Gasteiger partial charge >= 0.3 is 0 Å². The summed E-state index contributed by atoms with van der Waals surface area (Å²) < 4.78 is 26.4. The summed E-state index contributed by atoms with van der Waals surface area (Å²) in [5.41, 5.74) is 1.25. The van der Waals surface area contributed by atoms with Crippen molar-refractivity contribution in [3.8, 4) is 0 Å². The van der Waals surface area contributed by atoms with Crippen molar-refractivity contribution in [1.29, 1.82) is 0 Å². The van der Waals surface area contributed by atoms with Gasteiger partial charge in [-0.3, -0.25) is 0 Å². The number of nitrogens with one attached hydrogen (secondary N) is 2. The summed E-state index contributed by atoms with van der Waals surface area (Å²) >= 11 is 5.19. The van der Waals surface area contributed by atoms with Gasteiger partial charge in [0.2, 0.25) is 0 Å². The summed E-state index contributed by atoms with van der Waals surface area (Å²) in [4.78, 5) is 0. The van der Waals surface area contributed by atoms with E-state index in [1.165, 1.54) is 12.1 Å². The number of thiocarbonyl (C=S) groups is 1. The van der Waals surface area contributed by atoms with Crippen molar-refractivity contribution in [2.45, 2.75) is 19.4 Å². The molecule has 110 valence electrons. The van der Waals surface area contributed by atoms with E-state index in [2.05, 4.69) is 10.6 Å². The fourth-order valence-electron chi connectivity index (χ4n) is 2.01. The highest BCUT2D eigenvalue weighted by Crippen LogP contribution is 2.18. The minimum Gasteiger partial charge on any atom is -0.356 e. The molecule has 0 aromatic heterocycles. The van der Waals surface area contributed by atoms with E-state index < -0.39 is 11.6 Å². The molecule has 1 atom stereocenters. The van der Waals surface area contributed by atoms with Crippen molar-refractivity contribution in [3.63, 3.8) is 0 Å². The third-order valence-corrected chi connectivity index (χ3v) is 3.31. The standard InChI is InChI=1S/C16H16F2N2S/c1-2-14(11-6-4-3-5-7-11)19-16(21)20-15-9-8-12(17)10-13(15)18/h3-10,14H,2H2,1H3,(H2,19,20,21)/t14-/m0/s1. The molecule has 2 aromatic rings. The van der Waals surface area contributed by atoms with Crippen LogP contribution in [0.3, 0.4) is 0 Å². The quantitative estimate of drug-likeness (QED) is 0.819. The summed E-state index contributed by atoms with van der Waals surface area (Å²) in [7, 11) is 0. The summed E-state index contributed by atoms with van der Waals surface area (Å²) in [6, 6.07) is 13.2.